The van der Waals surface area contributed by atoms with Crippen LogP contribution in [0.4, 0.5) is 0 Å². The number of ether oxygens (including phenoxy) is 1. The van der Waals surface area contributed by atoms with E-state index in [-0.39, 0.29) is 0 Å². The Morgan fingerprint density at radius 1 is 1.19 bits per heavy atom. The third-order valence-corrected chi connectivity index (χ3v) is 5.26. The smallest absolute Gasteiger partial charge is 0.326 e. The number of hydrogen-bond donors (Lipinski definition) is 1. The Balaban J connectivity index is 2.09. The van der Waals surface area contributed by atoms with Crippen molar-refractivity contribution in [3.05, 3.63) is 64.5 Å². The van der Waals surface area contributed by atoms with Crippen LogP contribution in [0.15, 0.2) is 53.5 Å². The van der Waals surface area contributed by atoms with Crippen LogP contribution in [-0.4, -0.2) is 28.7 Å². The quantitative estimate of drug-likeness (QED) is 0.704. The highest BCUT2D eigenvalue weighted by atomic mass is 32.1. The lowest BCUT2D eigenvalue weighted by Gasteiger charge is -2.13. The van der Waals surface area contributed by atoms with Crippen molar-refractivity contribution in [2.24, 2.45) is 4.99 Å². The van der Waals surface area contributed by atoms with Crippen molar-refractivity contribution in [3.63, 3.8) is 0 Å². The molecular weight excluding hydrogens is 364 g/mol. The summed E-state index contributed by atoms with van der Waals surface area (Å²) in [6, 6.07) is 13.7. The van der Waals surface area contributed by atoms with Gasteiger partial charge in [-0.05, 0) is 36.2 Å². The maximum absolute atomic E-state index is 12.6. The molecule has 27 heavy (non-hydrogen) atoms. The summed E-state index contributed by atoms with van der Waals surface area (Å²) in [6.07, 6.45) is 0.392. The van der Waals surface area contributed by atoms with Crippen molar-refractivity contribution in [1.29, 1.82) is 0 Å². The van der Waals surface area contributed by atoms with E-state index in [9.17, 15) is 14.7 Å². The molecule has 1 heterocycles. The highest BCUT2D eigenvalue weighted by Crippen LogP contribution is 2.22. The van der Waals surface area contributed by atoms with Crippen LogP contribution in [0.5, 0.6) is 0 Å². The molecule has 140 valence electrons. The summed E-state index contributed by atoms with van der Waals surface area (Å²) in [7, 11) is 1.61. The number of aromatic nitrogens is 1. The van der Waals surface area contributed by atoms with Crippen molar-refractivity contribution in [2.45, 2.75) is 26.0 Å². The minimum Gasteiger partial charge on any atom is -0.480 e. The first-order valence-electron chi connectivity index (χ1n) is 8.55. The van der Waals surface area contributed by atoms with Gasteiger partial charge in [-0.2, -0.15) is 4.99 Å². The molecule has 3 rings (SSSR count). The van der Waals surface area contributed by atoms with Crippen LogP contribution in [0.1, 0.15) is 35.3 Å². The number of fused-ring (bicyclic) bond motifs is 1. The van der Waals surface area contributed by atoms with Gasteiger partial charge >= 0.3 is 5.97 Å². The number of rotatable bonds is 6. The fourth-order valence-electron chi connectivity index (χ4n) is 2.90. The molecule has 0 aliphatic heterocycles. The molecular formula is C20H20N2O4S. The molecule has 0 radical (unpaired) electrons. The normalized spacial score (nSPS) is 13.0. The number of thiazole rings is 1. The number of benzene rings is 2. The topological polar surface area (TPSA) is 80.9 Å². The maximum Gasteiger partial charge on any atom is 0.326 e. The number of carboxylic acids is 1. The van der Waals surface area contributed by atoms with Crippen molar-refractivity contribution in [1.82, 2.24) is 4.57 Å². The third kappa shape index (κ3) is 3.99. The van der Waals surface area contributed by atoms with Crippen LogP contribution in [0.3, 0.4) is 0 Å². The summed E-state index contributed by atoms with van der Waals surface area (Å²) < 4.78 is 7.60. The molecule has 0 aliphatic carbocycles. The zero-order valence-electron chi connectivity index (χ0n) is 15.1. The Morgan fingerprint density at radius 3 is 2.52 bits per heavy atom. The molecule has 2 aromatic carbocycles. The van der Waals surface area contributed by atoms with E-state index in [1.54, 1.807) is 30.7 Å². The number of aliphatic carboxylic acids is 1. The van der Waals surface area contributed by atoms with Gasteiger partial charge in [0.1, 0.15) is 6.04 Å². The SMILES string of the molecule is CCC(C(=O)O)n1/c(=N/C(=O)c2ccc(COC)cc2)sc2ccccc21. The first-order valence-corrected chi connectivity index (χ1v) is 9.36. The zero-order chi connectivity index (χ0) is 19.4. The molecule has 0 saturated heterocycles. The standard InChI is InChI=1S/C20H20N2O4S/c1-3-15(19(24)25)22-16-6-4-5-7-17(16)27-20(22)21-18(23)14-10-8-13(9-11-14)12-26-2/h4-11,15H,3,12H2,1-2H3,(H,24,25)/b21-20-. The molecule has 0 fully saturated rings. The summed E-state index contributed by atoms with van der Waals surface area (Å²) in [6.45, 7) is 2.27. The van der Waals surface area contributed by atoms with Crippen LogP contribution >= 0.6 is 11.3 Å². The van der Waals surface area contributed by atoms with Crippen LogP contribution in [0.2, 0.25) is 0 Å². The van der Waals surface area contributed by atoms with Gasteiger partial charge in [-0.25, -0.2) is 4.79 Å². The molecule has 0 bridgehead atoms. The van der Waals surface area contributed by atoms with Gasteiger partial charge in [0.05, 0.1) is 16.8 Å². The molecule has 7 heteroatoms. The lowest BCUT2D eigenvalue weighted by molar-refractivity contribution is -0.140. The highest BCUT2D eigenvalue weighted by Gasteiger charge is 2.21. The van der Waals surface area contributed by atoms with Crippen LogP contribution in [-0.2, 0) is 16.1 Å². The fraction of sp³-hybridized carbons (Fsp3) is 0.250. The minimum absolute atomic E-state index is 0.386. The number of amides is 1. The lowest BCUT2D eigenvalue weighted by atomic mass is 10.1. The largest absolute Gasteiger partial charge is 0.480 e. The second-order valence-corrected chi connectivity index (χ2v) is 7.04. The van der Waals surface area contributed by atoms with Gasteiger partial charge in [0.2, 0.25) is 0 Å². The number of nitrogens with zero attached hydrogens (tertiary/aromatic N) is 2. The van der Waals surface area contributed by atoms with E-state index in [1.807, 2.05) is 36.4 Å². The number of para-hydroxylation sites is 1. The molecule has 1 aromatic heterocycles. The number of carboxylic acid groups (broad SMARTS) is 1. The van der Waals surface area contributed by atoms with Gasteiger partial charge in [-0.3, -0.25) is 4.79 Å². The Hall–Kier alpha value is -2.77. The summed E-state index contributed by atoms with van der Waals surface area (Å²) >= 11 is 1.31. The molecule has 1 unspecified atom stereocenters. The van der Waals surface area contributed by atoms with E-state index < -0.39 is 17.9 Å². The van der Waals surface area contributed by atoms with Gasteiger partial charge < -0.3 is 14.4 Å². The molecule has 0 saturated carbocycles. The first-order chi connectivity index (χ1) is 13.0. The summed E-state index contributed by atoms with van der Waals surface area (Å²) in [4.78, 5) is 29.0. The highest BCUT2D eigenvalue weighted by molar-refractivity contribution is 7.16. The van der Waals surface area contributed by atoms with Gasteiger partial charge in [-0.1, -0.05) is 42.5 Å². The van der Waals surface area contributed by atoms with E-state index in [2.05, 4.69) is 4.99 Å². The Bertz CT molecular complexity index is 1030. The first kappa shape index (κ1) is 19.0. The van der Waals surface area contributed by atoms with Crippen LogP contribution < -0.4 is 4.80 Å². The number of carbonyl (C=O) groups excluding carboxylic acids is 1. The zero-order valence-corrected chi connectivity index (χ0v) is 15.9. The predicted octanol–water partition coefficient (Wildman–Crippen LogP) is 3.63. The van der Waals surface area contributed by atoms with Gasteiger partial charge in [0.15, 0.2) is 4.80 Å². The maximum atomic E-state index is 12.6. The van der Waals surface area contributed by atoms with Crippen LogP contribution in [0.25, 0.3) is 10.2 Å². The Morgan fingerprint density at radius 2 is 1.89 bits per heavy atom. The van der Waals surface area contributed by atoms with Crippen molar-refractivity contribution >= 4 is 33.4 Å². The average molecular weight is 384 g/mol. The monoisotopic (exact) mass is 384 g/mol. The third-order valence-electron chi connectivity index (χ3n) is 4.22. The lowest BCUT2D eigenvalue weighted by Crippen LogP contribution is -2.27. The molecule has 1 atom stereocenters. The number of methoxy groups -OCH3 is 1. The van der Waals surface area contributed by atoms with E-state index in [0.29, 0.717) is 23.4 Å². The van der Waals surface area contributed by atoms with Crippen molar-refractivity contribution in [2.75, 3.05) is 7.11 Å². The number of hydrogen-bond acceptors (Lipinski definition) is 4. The van der Waals surface area contributed by atoms with Crippen molar-refractivity contribution < 1.29 is 19.4 Å². The summed E-state index contributed by atoms with van der Waals surface area (Å²) in [5.74, 6) is -1.35. The molecule has 0 aliphatic rings. The van der Waals surface area contributed by atoms with Gasteiger partial charge in [0, 0.05) is 12.7 Å². The Labute approximate surface area is 160 Å². The second kappa shape index (κ2) is 8.28. The minimum atomic E-state index is -0.945. The predicted molar refractivity (Wildman–Crippen MR) is 104 cm³/mol. The van der Waals surface area contributed by atoms with E-state index >= 15 is 0 Å². The summed E-state index contributed by atoms with van der Waals surface area (Å²) in [5.41, 5.74) is 2.17. The van der Waals surface area contributed by atoms with Gasteiger partial charge in [-0.15, -0.1) is 0 Å². The molecule has 3 aromatic rings. The van der Waals surface area contributed by atoms with Gasteiger partial charge in [0.25, 0.3) is 5.91 Å². The van der Waals surface area contributed by atoms with E-state index in [1.165, 1.54) is 11.3 Å². The van der Waals surface area contributed by atoms with E-state index in [0.717, 1.165) is 15.8 Å². The second-order valence-electron chi connectivity index (χ2n) is 6.03. The van der Waals surface area contributed by atoms with Crippen molar-refractivity contribution in [3.8, 4) is 0 Å². The fourth-order valence-corrected chi connectivity index (χ4v) is 3.97. The molecule has 1 amide bonds. The summed E-state index contributed by atoms with van der Waals surface area (Å²) in [5, 5.41) is 9.61. The molecule has 6 nitrogen and oxygen atoms in total. The van der Waals surface area contributed by atoms with E-state index in [4.69, 9.17) is 4.74 Å². The van der Waals surface area contributed by atoms with Crippen LogP contribution in [0, 0.1) is 0 Å². The number of carbonyl (C=O) groups is 2. The molecule has 1 N–H and O–H groups in total. The Kier molecular flexibility index (Phi) is 5.83. The molecule has 0 spiro atoms. The average Bonchev–Trinajstić information content (AvgIpc) is 3.01.